The first-order chi connectivity index (χ1) is 7.54. The Morgan fingerprint density at radius 3 is 2.75 bits per heavy atom. The Hall–Kier alpha value is -1.20. The molecule has 0 spiro atoms. The lowest BCUT2D eigenvalue weighted by Gasteiger charge is -2.07. The van der Waals surface area contributed by atoms with E-state index < -0.39 is 17.3 Å². The number of hydrogen-bond acceptors (Lipinski definition) is 3. The Labute approximate surface area is 97.1 Å². The van der Waals surface area contributed by atoms with Crippen molar-refractivity contribution in [1.82, 2.24) is 0 Å². The zero-order chi connectivity index (χ0) is 12.1. The van der Waals surface area contributed by atoms with Gasteiger partial charge in [0.2, 0.25) is 6.54 Å². The van der Waals surface area contributed by atoms with E-state index in [1.165, 1.54) is 6.07 Å². The van der Waals surface area contributed by atoms with Gasteiger partial charge in [-0.15, -0.1) is 0 Å². The Kier molecular flexibility index (Phi) is 4.64. The van der Waals surface area contributed by atoms with Crippen LogP contribution in [-0.2, 0) is 17.9 Å². The van der Waals surface area contributed by atoms with Crippen molar-refractivity contribution < 1.29 is 14.1 Å². The van der Waals surface area contributed by atoms with Gasteiger partial charge in [0.15, 0.2) is 0 Å². The lowest BCUT2D eigenvalue weighted by atomic mass is 10.1. The first-order valence-electron chi connectivity index (χ1n) is 4.71. The van der Waals surface area contributed by atoms with Crippen molar-refractivity contribution in [2.75, 3.05) is 6.61 Å². The van der Waals surface area contributed by atoms with Crippen LogP contribution in [0.1, 0.15) is 18.1 Å². The van der Waals surface area contributed by atoms with Gasteiger partial charge in [-0.3, -0.25) is 10.1 Å². The molecular weight excluding hydrogens is 237 g/mol. The minimum Gasteiger partial charge on any atom is -0.377 e. The summed E-state index contributed by atoms with van der Waals surface area (Å²) in [7, 11) is 0. The Morgan fingerprint density at radius 1 is 1.50 bits per heavy atom. The van der Waals surface area contributed by atoms with Gasteiger partial charge in [0.05, 0.1) is 12.2 Å². The molecule has 0 N–H and O–H groups in total. The van der Waals surface area contributed by atoms with Crippen LogP contribution in [0.3, 0.4) is 0 Å². The van der Waals surface area contributed by atoms with Crippen molar-refractivity contribution in [3.8, 4) is 0 Å². The Balaban J connectivity index is 2.96. The average Bonchev–Trinajstić information content (AvgIpc) is 2.20. The Bertz CT molecular complexity index is 398. The van der Waals surface area contributed by atoms with Crippen LogP contribution in [0.15, 0.2) is 12.1 Å². The first-order valence-corrected chi connectivity index (χ1v) is 5.08. The van der Waals surface area contributed by atoms with Gasteiger partial charge in [0.1, 0.15) is 5.82 Å². The van der Waals surface area contributed by atoms with Gasteiger partial charge in [0.25, 0.3) is 0 Å². The maximum absolute atomic E-state index is 13.3. The third kappa shape index (κ3) is 3.43. The minimum atomic E-state index is -0.665. The molecule has 0 heterocycles. The molecule has 0 aliphatic heterocycles. The fourth-order valence-electron chi connectivity index (χ4n) is 1.23. The van der Waals surface area contributed by atoms with E-state index in [0.29, 0.717) is 12.2 Å². The van der Waals surface area contributed by atoms with Crippen LogP contribution >= 0.6 is 11.6 Å². The van der Waals surface area contributed by atoms with Crippen LogP contribution in [0, 0.1) is 15.9 Å². The SMILES string of the molecule is CCOCc1cc(C[N+](=O)[O-])c(F)cc1Cl. The average molecular weight is 248 g/mol. The summed E-state index contributed by atoms with van der Waals surface area (Å²) in [5, 5.41) is 10.5. The minimum absolute atomic E-state index is 0.0177. The maximum atomic E-state index is 13.3. The van der Waals surface area contributed by atoms with Gasteiger partial charge in [-0.25, -0.2) is 4.39 Å². The summed E-state index contributed by atoms with van der Waals surface area (Å²) in [6.45, 7) is 1.98. The second kappa shape index (κ2) is 5.77. The van der Waals surface area contributed by atoms with Gasteiger partial charge in [-0.1, -0.05) is 11.6 Å². The number of nitro groups is 1. The van der Waals surface area contributed by atoms with E-state index in [4.69, 9.17) is 16.3 Å². The molecule has 0 aromatic heterocycles. The summed E-state index contributed by atoms with van der Waals surface area (Å²) in [6, 6.07) is 2.45. The molecule has 6 heteroatoms. The summed E-state index contributed by atoms with van der Waals surface area (Å²) in [5.74, 6) is -0.665. The molecule has 0 fully saturated rings. The molecular formula is C10H11ClFNO3. The van der Waals surface area contributed by atoms with Crippen LogP contribution in [-0.4, -0.2) is 11.5 Å². The molecule has 0 aliphatic rings. The van der Waals surface area contributed by atoms with E-state index in [1.54, 1.807) is 0 Å². The lowest BCUT2D eigenvalue weighted by molar-refractivity contribution is -0.497. The van der Waals surface area contributed by atoms with Crippen LogP contribution in [0.25, 0.3) is 0 Å². The molecule has 1 aromatic carbocycles. The summed E-state index contributed by atoms with van der Waals surface area (Å²) >= 11 is 5.78. The highest BCUT2D eigenvalue weighted by atomic mass is 35.5. The molecule has 88 valence electrons. The number of rotatable bonds is 5. The van der Waals surface area contributed by atoms with Crippen molar-refractivity contribution in [3.63, 3.8) is 0 Å². The van der Waals surface area contributed by atoms with E-state index in [-0.39, 0.29) is 17.2 Å². The van der Waals surface area contributed by atoms with E-state index in [9.17, 15) is 14.5 Å². The lowest BCUT2D eigenvalue weighted by Crippen LogP contribution is -2.03. The zero-order valence-corrected chi connectivity index (χ0v) is 9.46. The molecule has 0 amide bonds. The highest BCUT2D eigenvalue weighted by Crippen LogP contribution is 2.22. The van der Waals surface area contributed by atoms with E-state index in [0.717, 1.165) is 6.07 Å². The molecule has 16 heavy (non-hydrogen) atoms. The third-order valence-electron chi connectivity index (χ3n) is 1.98. The van der Waals surface area contributed by atoms with Crippen LogP contribution < -0.4 is 0 Å². The molecule has 0 saturated carbocycles. The Morgan fingerprint density at radius 2 is 2.19 bits per heavy atom. The van der Waals surface area contributed by atoms with Gasteiger partial charge in [0, 0.05) is 16.6 Å². The van der Waals surface area contributed by atoms with Crippen LogP contribution in [0.4, 0.5) is 4.39 Å². The fraction of sp³-hybridized carbons (Fsp3) is 0.400. The highest BCUT2D eigenvalue weighted by molar-refractivity contribution is 6.31. The normalized spacial score (nSPS) is 10.4. The zero-order valence-electron chi connectivity index (χ0n) is 8.70. The maximum Gasteiger partial charge on any atom is 0.231 e. The van der Waals surface area contributed by atoms with Gasteiger partial charge in [-0.2, -0.15) is 0 Å². The number of hydrogen-bond donors (Lipinski definition) is 0. The predicted molar refractivity (Wildman–Crippen MR) is 57.4 cm³/mol. The monoisotopic (exact) mass is 247 g/mol. The van der Waals surface area contributed by atoms with Gasteiger partial charge >= 0.3 is 0 Å². The number of benzene rings is 1. The summed E-state index contributed by atoms with van der Waals surface area (Å²) in [4.78, 5) is 9.72. The third-order valence-corrected chi connectivity index (χ3v) is 2.33. The second-order valence-electron chi connectivity index (χ2n) is 3.16. The molecule has 0 saturated heterocycles. The largest absolute Gasteiger partial charge is 0.377 e. The molecule has 0 radical (unpaired) electrons. The van der Waals surface area contributed by atoms with Crippen molar-refractivity contribution in [2.45, 2.75) is 20.1 Å². The molecule has 1 rings (SSSR count). The second-order valence-corrected chi connectivity index (χ2v) is 3.57. The molecule has 0 unspecified atom stereocenters. The highest BCUT2D eigenvalue weighted by Gasteiger charge is 2.12. The summed E-state index contributed by atoms with van der Waals surface area (Å²) in [5.41, 5.74) is 0.575. The molecule has 0 aliphatic carbocycles. The quantitative estimate of drug-likeness (QED) is 0.594. The number of nitrogens with zero attached hydrogens (tertiary/aromatic N) is 1. The topological polar surface area (TPSA) is 52.4 Å². The van der Waals surface area contributed by atoms with E-state index >= 15 is 0 Å². The first kappa shape index (κ1) is 12.9. The van der Waals surface area contributed by atoms with E-state index in [2.05, 4.69) is 0 Å². The molecule has 0 atom stereocenters. The van der Waals surface area contributed by atoms with Gasteiger partial charge in [-0.05, 0) is 24.6 Å². The molecule has 1 aromatic rings. The standard InChI is InChI=1S/C10H11ClFNO3/c1-2-16-6-8-3-7(5-13(14)15)10(12)4-9(8)11/h3-4H,2,5-6H2,1H3. The van der Waals surface area contributed by atoms with Crippen molar-refractivity contribution >= 4 is 11.6 Å². The molecule has 0 bridgehead atoms. The summed E-state index contributed by atoms with van der Waals surface area (Å²) < 4.78 is 18.4. The van der Waals surface area contributed by atoms with Crippen LogP contribution in [0.5, 0.6) is 0 Å². The van der Waals surface area contributed by atoms with Gasteiger partial charge < -0.3 is 4.74 Å². The van der Waals surface area contributed by atoms with Crippen molar-refractivity contribution in [2.24, 2.45) is 0 Å². The van der Waals surface area contributed by atoms with Crippen molar-refractivity contribution in [3.05, 3.63) is 44.2 Å². The number of ether oxygens (including phenoxy) is 1. The smallest absolute Gasteiger partial charge is 0.231 e. The number of halogens is 2. The molecule has 4 nitrogen and oxygen atoms in total. The van der Waals surface area contributed by atoms with E-state index in [1.807, 2.05) is 6.92 Å². The predicted octanol–water partition coefficient (Wildman–Crippen LogP) is 2.79. The summed E-state index contributed by atoms with van der Waals surface area (Å²) in [6.07, 6.45) is 0. The fourth-order valence-corrected chi connectivity index (χ4v) is 1.43. The van der Waals surface area contributed by atoms with Crippen LogP contribution in [0.2, 0.25) is 5.02 Å². The van der Waals surface area contributed by atoms with Crippen molar-refractivity contribution in [1.29, 1.82) is 0 Å².